The first-order chi connectivity index (χ1) is 13.0. The van der Waals surface area contributed by atoms with Gasteiger partial charge < -0.3 is 20.4 Å². The van der Waals surface area contributed by atoms with Crippen molar-refractivity contribution in [2.24, 2.45) is 0 Å². The topological polar surface area (TPSA) is 64.7 Å². The maximum absolute atomic E-state index is 12.2. The Labute approximate surface area is 171 Å². The molecule has 1 aromatic rings. The van der Waals surface area contributed by atoms with E-state index in [0.29, 0.717) is 19.5 Å². The zero-order chi connectivity index (χ0) is 19.6. The molecule has 0 saturated carbocycles. The van der Waals surface area contributed by atoms with E-state index in [0.717, 1.165) is 31.0 Å². The molecule has 6 nitrogen and oxygen atoms in total. The molecule has 2 rings (SSSR count). The van der Waals surface area contributed by atoms with Gasteiger partial charge in [-0.15, -0.1) is 0 Å². The molecule has 154 valence electrons. The van der Waals surface area contributed by atoms with Crippen LogP contribution in [-0.2, 0) is 9.59 Å². The summed E-state index contributed by atoms with van der Waals surface area (Å²) in [5, 5.41) is 5.77. The molecule has 1 aliphatic heterocycles. The Balaban J connectivity index is 0.00000392. The highest BCUT2D eigenvalue weighted by Gasteiger charge is 2.17. The summed E-state index contributed by atoms with van der Waals surface area (Å²) in [4.78, 5) is 28.3. The molecule has 0 spiro atoms. The monoisotopic (exact) mass is 396 g/mol. The van der Waals surface area contributed by atoms with E-state index in [2.05, 4.69) is 28.2 Å². The number of piperidine rings is 1. The van der Waals surface area contributed by atoms with Crippen LogP contribution in [0, 0.1) is 0 Å². The first-order valence-electron chi connectivity index (χ1n) is 9.78. The van der Waals surface area contributed by atoms with Crippen LogP contribution >= 0.6 is 12.6 Å². The number of nitrogens with zero attached hydrogens (tertiary/aromatic N) is 2. The zero-order valence-corrected chi connectivity index (χ0v) is 17.3. The van der Waals surface area contributed by atoms with Crippen LogP contribution in [0.4, 0.5) is 11.4 Å². The predicted molar refractivity (Wildman–Crippen MR) is 119 cm³/mol. The Kier molecular flexibility index (Phi) is 8.94. The van der Waals surface area contributed by atoms with Gasteiger partial charge >= 0.3 is 0 Å². The van der Waals surface area contributed by atoms with E-state index in [1.165, 1.54) is 19.3 Å². The van der Waals surface area contributed by atoms with Crippen molar-refractivity contribution in [1.82, 2.24) is 9.80 Å². The number of anilines is 2. The third kappa shape index (κ3) is 7.42. The summed E-state index contributed by atoms with van der Waals surface area (Å²) in [6.07, 6.45) is 4.28. The first kappa shape index (κ1) is 21.6. The zero-order valence-electron chi connectivity index (χ0n) is 16.4. The third-order valence-electron chi connectivity index (χ3n) is 4.89. The Bertz CT molecular complexity index is 630. The molecule has 0 aliphatic carbocycles. The molecule has 1 heterocycles. The van der Waals surface area contributed by atoms with Gasteiger partial charge in [0.1, 0.15) is 0 Å². The van der Waals surface area contributed by atoms with Crippen LogP contribution in [0.5, 0.6) is 0 Å². The average molecular weight is 397 g/mol. The largest absolute Gasteiger partial charge is 0.383 e. The maximum atomic E-state index is 12.2. The van der Waals surface area contributed by atoms with Crippen molar-refractivity contribution < 1.29 is 12.4 Å². The Morgan fingerprint density at radius 3 is 2.67 bits per heavy atom. The van der Waals surface area contributed by atoms with Crippen LogP contribution in [-0.4, -0.2) is 66.6 Å². The van der Waals surface area contributed by atoms with Gasteiger partial charge in [0.05, 0.1) is 5.25 Å². The molecule has 0 aromatic heterocycles. The van der Waals surface area contributed by atoms with E-state index in [1.54, 1.807) is 11.9 Å². The second-order valence-corrected chi connectivity index (χ2v) is 7.65. The van der Waals surface area contributed by atoms with Crippen molar-refractivity contribution in [2.75, 3.05) is 50.4 Å². The number of hydrogen-bond acceptors (Lipinski definition) is 5. The van der Waals surface area contributed by atoms with Gasteiger partial charge in [0.25, 0.3) is 0 Å². The Hall–Kier alpha value is -1.73. The SMILES string of the molecule is CCN(C)C(=O)C(S)CNc1cccc(NC(=O)CCN2CCCCC2)c1.[HH].[HH]. The van der Waals surface area contributed by atoms with Crippen LogP contribution in [0.1, 0.15) is 35.5 Å². The van der Waals surface area contributed by atoms with Crippen molar-refractivity contribution in [2.45, 2.75) is 37.9 Å². The van der Waals surface area contributed by atoms with Crippen molar-refractivity contribution in [3.63, 3.8) is 0 Å². The molecule has 0 bridgehead atoms. The van der Waals surface area contributed by atoms with E-state index in [4.69, 9.17) is 0 Å². The second kappa shape index (κ2) is 11.2. The van der Waals surface area contributed by atoms with Crippen molar-refractivity contribution in [1.29, 1.82) is 0 Å². The lowest BCUT2D eigenvalue weighted by Gasteiger charge is -2.25. The fraction of sp³-hybridized carbons (Fsp3) is 0.600. The lowest BCUT2D eigenvalue weighted by atomic mass is 10.1. The second-order valence-electron chi connectivity index (χ2n) is 7.03. The summed E-state index contributed by atoms with van der Waals surface area (Å²) in [5.74, 6) is 0.0278. The van der Waals surface area contributed by atoms with Crippen molar-refractivity contribution in [3.05, 3.63) is 24.3 Å². The van der Waals surface area contributed by atoms with Crippen LogP contribution < -0.4 is 10.6 Å². The molecule has 1 unspecified atom stereocenters. The van der Waals surface area contributed by atoms with Crippen LogP contribution in [0.25, 0.3) is 0 Å². The van der Waals surface area contributed by atoms with Crippen LogP contribution in [0.2, 0.25) is 0 Å². The fourth-order valence-electron chi connectivity index (χ4n) is 3.09. The Morgan fingerprint density at radius 2 is 1.96 bits per heavy atom. The van der Waals surface area contributed by atoms with E-state index >= 15 is 0 Å². The van der Waals surface area contributed by atoms with Gasteiger partial charge in [-0.25, -0.2) is 0 Å². The van der Waals surface area contributed by atoms with E-state index < -0.39 is 5.25 Å². The number of benzene rings is 1. The van der Waals surface area contributed by atoms with E-state index in [-0.39, 0.29) is 14.7 Å². The third-order valence-corrected chi connectivity index (χ3v) is 5.29. The lowest BCUT2D eigenvalue weighted by molar-refractivity contribution is -0.128. The number of carbonyl (C=O) groups excluding carboxylic acids is 2. The summed E-state index contributed by atoms with van der Waals surface area (Å²) in [6, 6.07) is 7.56. The van der Waals surface area contributed by atoms with Crippen molar-refractivity contribution in [3.8, 4) is 0 Å². The standard InChI is InChI=1S/C20H32N4O2S.2H2/c1-3-23(2)20(26)18(27)15-21-16-8-7-9-17(14-16)22-19(25)10-13-24-11-5-4-6-12-24;;/h7-9,14,18,21,27H,3-6,10-13,15H2,1-2H3,(H,22,25);2*1H. The van der Waals surface area contributed by atoms with Gasteiger partial charge in [0.2, 0.25) is 11.8 Å². The number of hydrogen-bond donors (Lipinski definition) is 3. The molecule has 1 atom stereocenters. The molecular formula is C20H36N4O2S. The summed E-state index contributed by atoms with van der Waals surface area (Å²) in [7, 11) is 1.77. The molecule has 0 radical (unpaired) electrons. The molecule has 2 N–H and O–H groups in total. The highest BCUT2D eigenvalue weighted by Crippen LogP contribution is 2.16. The number of likely N-dealkylation sites (tertiary alicyclic amines) is 1. The molecule has 1 aromatic carbocycles. The minimum absolute atomic E-state index is 0. The summed E-state index contributed by atoms with van der Waals surface area (Å²) in [5.41, 5.74) is 1.62. The molecule has 2 amide bonds. The summed E-state index contributed by atoms with van der Waals surface area (Å²) < 4.78 is 0. The molecule has 1 fully saturated rings. The van der Waals surface area contributed by atoms with Gasteiger partial charge in [-0.1, -0.05) is 12.5 Å². The van der Waals surface area contributed by atoms with E-state index in [9.17, 15) is 9.59 Å². The predicted octanol–water partition coefficient (Wildman–Crippen LogP) is 3.18. The number of amides is 2. The lowest BCUT2D eigenvalue weighted by Crippen LogP contribution is -2.36. The van der Waals surface area contributed by atoms with Gasteiger partial charge in [0.15, 0.2) is 0 Å². The number of carbonyl (C=O) groups is 2. The number of thiol groups is 1. The van der Waals surface area contributed by atoms with Crippen molar-refractivity contribution >= 4 is 35.8 Å². The van der Waals surface area contributed by atoms with Gasteiger partial charge in [-0.3, -0.25) is 9.59 Å². The van der Waals surface area contributed by atoms with Crippen LogP contribution in [0.3, 0.4) is 0 Å². The van der Waals surface area contributed by atoms with Gasteiger partial charge in [-0.2, -0.15) is 12.6 Å². The molecule has 1 aliphatic rings. The fourth-order valence-corrected chi connectivity index (χ4v) is 3.37. The number of rotatable bonds is 9. The average Bonchev–Trinajstić information content (AvgIpc) is 2.70. The Morgan fingerprint density at radius 1 is 1.26 bits per heavy atom. The van der Waals surface area contributed by atoms with Gasteiger partial charge in [0, 0.05) is 47.3 Å². The summed E-state index contributed by atoms with van der Waals surface area (Å²) >= 11 is 4.38. The minimum atomic E-state index is -0.405. The smallest absolute Gasteiger partial charge is 0.236 e. The molecule has 1 saturated heterocycles. The highest BCUT2D eigenvalue weighted by molar-refractivity contribution is 7.81. The first-order valence-corrected chi connectivity index (χ1v) is 10.3. The molecule has 27 heavy (non-hydrogen) atoms. The van der Waals surface area contributed by atoms with Crippen LogP contribution in [0.15, 0.2) is 24.3 Å². The quantitative estimate of drug-likeness (QED) is 0.561. The maximum Gasteiger partial charge on any atom is 0.236 e. The molecular weight excluding hydrogens is 360 g/mol. The van der Waals surface area contributed by atoms with Gasteiger partial charge in [-0.05, 0) is 51.1 Å². The number of nitrogens with one attached hydrogen (secondary N) is 2. The normalized spacial score (nSPS) is 15.8. The molecule has 7 heteroatoms. The van der Waals surface area contributed by atoms with E-state index in [1.807, 2.05) is 31.2 Å². The highest BCUT2D eigenvalue weighted by atomic mass is 32.1. The summed E-state index contributed by atoms with van der Waals surface area (Å²) in [6.45, 7) is 6.04. The minimum Gasteiger partial charge on any atom is -0.383 e.